The number of hydrogen-bond acceptors (Lipinski definition) is 15. The fourth-order valence-corrected chi connectivity index (χ4v) is 10.4. The number of sulfonamides is 1. The van der Waals surface area contributed by atoms with Crippen LogP contribution in [0.25, 0.3) is 0 Å². The Kier molecular flexibility index (Phi) is 28.1. The Morgan fingerprint density at radius 1 is 0.768 bits per heavy atom. The molecule has 0 saturated carbocycles. The van der Waals surface area contributed by atoms with Gasteiger partial charge in [-0.25, -0.2) is 17.9 Å². The summed E-state index contributed by atoms with van der Waals surface area (Å²) >= 11 is 0. The number of nitrogens with one attached hydrogen (secondary N) is 5. The van der Waals surface area contributed by atoms with Crippen molar-refractivity contribution in [2.45, 2.75) is 149 Å². The Balaban J connectivity index is 1.62. The molecule has 2 aromatic rings. The third-order valence-corrected chi connectivity index (χ3v) is 15.8. The smallest absolute Gasteiger partial charge is 0.312 e. The summed E-state index contributed by atoms with van der Waals surface area (Å²) in [7, 11) is -1.19. The molecule has 1 fully saturated rings. The van der Waals surface area contributed by atoms with E-state index in [1.54, 1.807) is 27.9 Å². The molecule has 0 spiro atoms. The lowest BCUT2D eigenvalue weighted by molar-refractivity contribution is -0.141. The third-order valence-electron chi connectivity index (χ3n) is 14.4. The number of imide groups is 1. The zero-order chi connectivity index (χ0) is 61.5. The minimum Gasteiger partial charge on any atom is -0.379 e. The predicted octanol–water partition coefficient (Wildman–Crippen LogP) is 3.88. The molecule has 22 nitrogen and oxygen atoms in total. The summed E-state index contributed by atoms with van der Waals surface area (Å²) in [5, 5.41) is 11.4. The number of carbonyl (C=O) groups excluding carboxylic acids is 9. The molecule has 456 valence electrons. The Labute approximate surface area is 484 Å². The average molecular weight is 1170 g/mol. The van der Waals surface area contributed by atoms with Gasteiger partial charge in [0.15, 0.2) is 5.78 Å². The number of hydrogen-bond donors (Lipinski definition) is 6. The van der Waals surface area contributed by atoms with Crippen molar-refractivity contribution >= 4 is 63.1 Å². The first kappa shape index (κ1) is 69.9. The number of carbonyl (C=O) groups is 9. The van der Waals surface area contributed by atoms with Crippen molar-refractivity contribution in [3.8, 4) is 0 Å². The largest absolute Gasteiger partial charge is 0.379 e. The zero-order valence-electron chi connectivity index (χ0n) is 50.0. The number of likely N-dealkylation sites (N-methyl/N-ethyl adjacent to an activating group) is 2. The molecule has 0 aliphatic carbocycles. The van der Waals surface area contributed by atoms with Gasteiger partial charge in [-0.15, -0.1) is 0 Å². The lowest BCUT2D eigenvalue weighted by atomic mass is 9.76. The van der Waals surface area contributed by atoms with Gasteiger partial charge in [0.1, 0.15) is 11.8 Å². The molecule has 23 heteroatoms. The van der Waals surface area contributed by atoms with Gasteiger partial charge in [-0.3, -0.25) is 43.3 Å². The number of rotatable bonds is 36. The number of urea groups is 1. The first-order valence-corrected chi connectivity index (χ1v) is 29.5. The summed E-state index contributed by atoms with van der Waals surface area (Å²) in [5.41, 5.74) is 5.18. The Bertz CT molecular complexity index is 2620. The Morgan fingerprint density at radius 3 is 1.88 bits per heavy atom. The number of ketones is 2. The maximum atomic E-state index is 14.4. The van der Waals surface area contributed by atoms with Crippen LogP contribution in [0, 0.1) is 23.2 Å². The molecular weight excluding hydrogens is 1080 g/mol. The fraction of sp³-hybridized carbons (Fsp3) is 0.610. The van der Waals surface area contributed by atoms with Gasteiger partial charge >= 0.3 is 6.03 Å². The van der Waals surface area contributed by atoms with E-state index in [1.807, 2.05) is 78.8 Å². The molecule has 1 heterocycles. The highest BCUT2D eigenvalue weighted by Crippen LogP contribution is 2.29. The highest BCUT2D eigenvalue weighted by atomic mass is 32.2. The van der Waals surface area contributed by atoms with Crippen LogP contribution in [0.15, 0.2) is 71.1 Å². The maximum Gasteiger partial charge on any atom is 0.312 e. The molecule has 2 aromatic carbocycles. The molecule has 1 saturated heterocycles. The van der Waals surface area contributed by atoms with Crippen LogP contribution in [0.2, 0.25) is 0 Å². The highest BCUT2D eigenvalue weighted by Gasteiger charge is 2.42. The van der Waals surface area contributed by atoms with E-state index >= 15 is 0 Å². The standard InChI is InChI=1S/C59H90N8O14S/c1-38(2)45(37-43(68)26-29-79-31-33-81-34-32-80-30-28-67-49(70)24-25-50(67)71)54(73)63-46(19-16-27-62-57(60)76)48(69)36-41-20-22-44(23-21-41)82(77,78)65-53(72)40(5)35-47(39(3)4)66(12)56(75)52(58(6,7)8)64-55(74)51(61-11)59(9,10)42-17-14-13-15-18-42/h13-15,17-18,20-23,35,38-39,45-47,51-52,61H,16,19,24-34,36-37H2,1-12H3,(H,63,73)(H,64,74)(H,65,72)(H3,60,62,76)/b40-35+/t45-,46-,47+,51+,52+/m0/s1. The monoisotopic (exact) mass is 1170 g/mol. The lowest BCUT2D eigenvalue weighted by Gasteiger charge is -2.40. The molecule has 0 aromatic heterocycles. The van der Waals surface area contributed by atoms with Gasteiger partial charge in [0.2, 0.25) is 29.5 Å². The van der Waals surface area contributed by atoms with Crippen molar-refractivity contribution in [1.82, 2.24) is 35.8 Å². The summed E-state index contributed by atoms with van der Waals surface area (Å²) in [6, 6.07) is 10.7. The zero-order valence-corrected chi connectivity index (χ0v) is 50.8. The number of nitrogens with two attached hydrogens (primary N) is 1. The SMILES string of the molecule is CN[C@H](C(=O)N[C@H](C(=O)N(C)[C@H](/C=C(\C)C(=O)NS(=O)(=O)c1ccc(CC(=O)[C@H](CCCNC(N)=O)NC(=O)[C@@H](CC(=O)CCOCCOCCOCCN2C(=O)CCC2=O)C(C)C)cc1)C(C)C)C(C)(C)C)C(C)(C)c1ccccc1. The van der Waals surface area contributed by atoms with Gasteiger partial charge in [-0.2, -0.15) is 0 Å². The van der Waals surface area contributed by atoms with Crippen molar-refractivity contribution in [1.29, 1.82) is 0 Å². The van der Waals surface area contributed by atoms with Crippen LogP contribution in [0.4, 0.5) is 4.79 Å². The van der Waals surface area contributed by atoms with Crippen molar-refractivity contribution in [2.24, 2.45) is 28.9 Å². The van der Waals surface area contributed by atoms with Crippen molar-refractivity contribution in [3.05, 3.63) is 77.4 Å². The second-order valence-electron chi connectivity index (χ2n) is 23.0. The van der Waals surface area contributed by atoms with Crippen LogP contribution < -0.4 is 31.7 Å². The van der Waals surface area contributed by atoms with Crippen LogP contribution in [0.1, 0.15) is 119 Å². The molecule has 0 unspecified atom stereocenters. The fourth-order valence-electron chi connectivity index (χ4n) is 9.38. The number of ether oxygens (including phenoxy) is 3. The number of Topliss-reactive ketones (excluding diaryl/α,β-unsaturated/α-hetero) is 2. The van der Waals surface area contributed by atoms with E-state index in [-0.39, 0.29) is 143 Å². The van der Waals surface area contributed by atoms with E-state index in [2.05, 4.69) is 26.0 Å². The second kappa shape index (κ2) is 33.0. The number of amides is 8. The molecule has 5 atom stereocenters. The predicted molar refractivity (Wildman–Crippen MR) is 309 cm³/mol. The number of primary amides is 1. The molecule has 3 rings (SSSR count). The molecule has 1 aliphatic rings. The maximum absolute atomic E-state index is 14.4. The molecule has 7 N–H and O–H groups in total. The first-order valence-electron chi connectivity index (χ1n) is 28.0. The van der Waals surface area contributed by atoms with E-state index in [4.69, 9.17) is 19.9 Å². The van der Waals surface area contributed by atoms with Gasteiger partial charge in [-0.05, 0) is 67.3 Å². The van der Waals surface area contributed by atoms with E-state index in [0.717, 1.165) is 5.56 Å². The van der Waals surface area contributed by atoms with Gasteiger partial charge in [0.05, 0.1) is 69.2 Å². The van der Waals surface area contributed by atoms with E-state index in [0.29, 0.717) is 5.56 Å². The van der Waals surface area contributed by atoms with Gasteiger partial charge < -0.3 is 46.1 Å². The topological polar surface area (TPSA) is 308 Å². The van der Waals surface area contributed by atoms with Crippen LogP contribution in [-0.2, 0) is 74.4 Å². The summed E-state index contributed by atoms with van der Waals surface area (Å²) < 4.78 is 45.8. The number of benzene rings is 2. The first-order chi connectivity index (χ1) is 38.4. The summed E-state index contributed by atoms with van der Waals surface area (Å²) in [6.45, 7) is 19.7. The number of likely N-dealkylation sites (tertiary alicyclic amines) is 1. The normalized spacial score (nSPS) is 15.1. The third kappa shape index (κ3) is 22.1. The summed E-state index contributed by atoms with van der Waals surface area (Å²) in [6.07, 6.45) is 2.05. The Hall–Kier alpha value is -6.40. The van der Waals surface area contributed by atoms with Gasteiger partial charge in [0, 0.05) is 62.6 Å². The van der Waals surface area contributed by atoms with E-state index in [9.17, 15) is 51.6 Å². The molecule has 8 amide bonds. The minimum absolute atomic E-state index is 0.0151. The number of nitrogens with zero attached hydrogens (tertiary/aromatic N) is 2. The second-order valence-corrected chi connectivity index (χ2v) is 24.7. The summed E-state index contributed by atoms with van der Waals surface area (Å²) in [4.78, 5) is 120. The highest BCUT2D eigenvalue weighted by molar-refractivity contribution is 7.90. The lowest BCUT2D eigenvalue weighted by Crippen LogP contribution is -2.61. The van der Waals surface area contributed by atoms with Crippen molar-refractivity contribution < 1.29 is 65.8 Å². The Morgan fingerprint density at radius 2 is 1.34 bits per heavy atom. The molecule has 0 radical (unpaired) electrons. The molecule has 82 heavy (non-hydrogen) atoms. The molecule has 1 aliphatic heterocycles. The van der Waals surface area contributed by atoms with E-state index in [1.165, 1.54) is 47.1 Å². The van der Waals surface area contributed by atoms with Gasteiger partial charge in [-0.1, -0.05) is 111 Å². The molecule has 0 bridgehead atoms. The van der Waals surface area contributed by atoms with Gasteiger partial charge in [0.25, 0.3) is 15.9 Å². The van der Waals surface area contributed by atoms with Crippen LogP contribution in [0.5, 0.6) is 0 Å². The quantitative estimate of drug-likeness (QED) is 0.0321. The molecular formula is C59H90N8O14S. The summed E-state index contributed by atoms with van der Waals surface area (Å²) in [5.74, 6) is -4.60. The van der Waals surface area contributed by atoms with Crippen LogP contribution in [-0.4, -0.2) is 162 Å². The average Bonchev–Trinajstić information content (AvgIpc) is 3.76. The van der Waals surface area contributed by atoms with Crippen molar-refractivity contribution in [3.63, 3.8) is 0 Å². The van der Waals surface area contributed by atoms with Crippen LogP contribution in [0.3, 0.4) is 0 Å². The minimum atomic E-state index is -4.46. The van der Waals surface area contributed by atoms with Crippen molar-refractivity contribution in [2.75, 3.05) is 66.8 Å². The van der Waals surface area contributed by atoms with Crippen LogP contribution >= 0.6 is 0 Å². The van der Waals surface area contributed by atoms with E-state index < -0.39 is 80.5 Å².